The van der Waals surface area contributed by atoms with Gasteiger partial charge in [-0.1, -0.05) is 58.0 Å². The minimum Gasteiger partial charge on any atom is -0.497 e. The van der Waals surface area contributed by atoms with Crippen LogP contribution in [0.3, 0.4) is 0 Å². The predicted octanol–water partition coefficient (Wildman–Crippen LogP) is 3.34. The second-order valence-electron chi connectivity index (χ2n) is 12.7. The van der Waals surface area contributed by atoms with Gasteiger partial charge in [0.05, 0.1) is 43.0 Å². The third-order valence-electron chi connectivity index (χ3n) is 8.20. The van der Waals surface area contributed by atoms with Crippen LogP contribution in [0.5, 0.6) is 5.75 Å². The summed E-state index contributed by atoms with van der Waals surface area (Å²) in [5.74, 6) is -0.198. The van der Waals surface area contributed by atoms with Crippen molar-refractivity contribution in [3.05, 3.63) is 76.2 Å². The molecule has 1 aromatic heterocycles. The normalized spacial score (nSPS) is 15.8. The SMILES string of the molecule is COc1ccc(S(=O)(=O)N(CC(C)C)C[C@@H](O)[C@H](Cc2ccccc2)NC(=O)C(C(C)C)N2CCN(Cc3csc(CO)n3)C2=O)cc1. The first-order valence-electron chi connectivity index (χ1n) is 16.1. The fraction of sp³-hybridized carbons (Fsp3) is 0.500. The molecule has 1 fully saturated rings. The van der Waals surface area contributed by atoms with Gasteiger partial charge in [-0.25, -0.2) is 18.2 Å². The number of thiazole rings is 1. The number of rotatable bonds is 17. The molecule has 2 aromatic carbocycles. The first-order valence-corrected chi connectivity index (χ1v) is 18.4. The van der Waals surface area contributed by atoms with Gasteiger partial charge in [-0.15, -0.1) is 11.3 Å². The maximum absolute atomic E-state index is 14.1. The third-order valence-corrected chi connectivity index (χ3v) is 10.9. The monoisotopic (exact) mass is 701 g/mol. The zero-order valence-corrected chi connectivity index (χ0v) is 29.8. The summed E-state index contributed by atoms with van der Waals surface area (Å²) in [6.07, 6.45) is -1.03. The number of amides is 3. The summed E-state index contributed by atoms with van der Waals surface area (Å²) in [6.45, 7) is 8.27. The molecule has 3 amide bonds. The van der Waals surface area contributed by atoms with E-state index in [1.807, 2.05) is 58.0 Å². The van der Waals surface area contributed by atoms with Crippen LogP contribution in [0.4, 0.5) is 4.79 Å². The van der Waals surface area contributed by atoms with Crippen LogP contribution in [0.15, 0.2) is 64.9 Å². The van der Waals surface area contributed by atoms with Gasteiger partial charge in [0.15, 0.2) is 0 Å². The number of urea groups is 1. The molecule has 1 unspecified atom stereocenters. The molecule has 3 N–H and O–H groups in total. The van der Waals surface area contributed by atoms with Crippen molar-refractivity contribution >= 4 is 33.3 Å². The van der Waals surface area contributed by atoms with Crippen LogP contribution in [0, 0.1) is 11.8 Å². The average Bonchev–Trinajstić information content (AvgIpc) is 3.66. The molecule has 1 aliphatic heterocycles. The Morgan fingerprint density at radius 1 is 1.06 bits per heavy atom. The molecule has 4 rings (SSSR count). The van der Waals surface area contributed by atoms with Gasteiger partial charge >= 0.3 is 6.03 Å². The Labute approximate surface area is 287 Å². The maximum atomic E-state index is 14.1. The van der Waals surface area contributed by atoms with Crippen molar-refractivity contribution in [3.8, 4) is 5.75 Å². The fourth-order valence-electron chi connectivity index (χ4n) is 5.83. The Morgan fingerprint density at radius 3 is 2.33 bits per heavy atom. The van der Waals surface area contributed by atoms with E-state index in [1.54, 1.807) is 27.3 Å². The lowest BCUT2D eigenvalue weighted by Gasteiger charge is -2.34. The van der Waals surface area contributed by atoms with Crippen molar-refractivity contribution in [2.24, 2.45) is 11.8 Å². The van der Waals surface area contributed by atoms with E-state index in [-0.39, 0.29) is 55.4 Å². The number of sulfonamides is 1. The summed E-state index contributed by atoms with van der Waals surface area (Å²) in [7, 11) is -2.50. The molecule has 0 aliphatic carbocycles. The quantitative estimate of drug-likeness (QED) is 0.194. The highest BCUT2D eigenvalue weighted by Gasteiger charge is 2.40. The van der Waals surface area contributed by atoms with Crippen molar-refractivity contribution in [2.45, 2.75) is 70.4 Å². The van der Waals surface area contributed by atoms with Crippen molar-refractivity contribution in [3.63, 3.8) is 0 Å². The first kappa shape index (κ1) is 37.3. The smallest absolute Gasteiger partial charge is 0.321 e. The summed E-state index contributed by atoms with van der Waals surface area (Å²) >= 11 is 1.32. The molecule has 0 radical (unpaired) electrons. The van der Waals surface area contributed by atoms with E-state index in [2.05, 4.69) is 10.3 Å². The summed E-state index contributed by atoms with van der Waals surface area (Å²) in [5, 5.41) is 26.5. The average molecular weight is 702 g/mol. The van der Waals surface area contributed by atoms with E-state index in [0.29, 0.717) is 29.5 Å². The largest absolute Gasteiger partial charge is 0.497 e. The number of methoxy groups -OCH3 is 1. The molecule has 1 aliphatic rings. The number of hydrogen-bond acceptors (Lipinski definition) is 9. The van der Waals surface area contributed by atoms with Crippen molar-refractivity contribution in [1.82, 2.24) is 24.4 Å². The minimum atomic E-state index is -4.01. The predicted molar refractivity (Wildman–Crippen MR) is 184 cm³/mol. The number of nitrogens with one attached hydrogen (secondary N) is 1. The van der Waals surface area contributed by atoms with Gasteiger partial charge in [0.25, 0.3) is 0 Å². The maximum Gasteiger partial charge on any atom is 0.321 e. The molecule has 262 valence electrons. The number of aromatic nitrogens is 1. The molecule has 0 saturated carbocycles. The number of aliphatic hydroxyl groups excluding tert-OH is 2. The highest BCUT2D eigenvalue weighted by molar-refractivity contribution is 7.89. The van der Waals surface area contributed by atoms with E-state index in [1.165, 1.54) is 34.9 Å². The second kappa shape index (κ2) is 16.7. The summed E-state index contributed by atoms with van der Waals surface area (Å²) in [5.41, 5.74) is 1.52. The van der Waals surface area contributed by atoms with Crippen LogP contribution in [0.1, 0.15) is 44.0 Å². The minimum absolute atomic E-state index is 0.0404. The van der Waals surface area contributed by atoms with Crippen LogP contribution in [-0.4, -0.2) is 101 Å². The van der Waals surface area contributed by atoms with Crippen LogP contribution in [-0.2, 0) is 34.4 Å². The number of benzene rings is 2. The van der Waals surface area contributed by atoms with Crippen molar-refractivity contribution in [2.75, 3.05) is 33.3 Å². The topological polar surface area (TPSA) is 153 Å². The molecule has 2 heterocycles. The highest BCUT2D eigenvalue weighted by atomic mass is 32.2. The van der Waals surface area contributed by atoms with Crippen molar-refractivity contribution in [1.29, 1.82) is 0 Å². The van der Waals surface area contributed by atoms with Gasteiger partial charge in [-0.3, -0.25) is 4.79 Å². The standard InChI is InChI=1S/C34H47N5O7S2/c1-23(2)18-38(48(44,45)28-13-11-27(46-5)12-14-28)20-30(41)29(17-25-9-7-6-8-10-25)36-33(42)32(24(3)4)39-16-15-37(34(39)43)19-26-22-47-31(21-40)35-26/h6-14,22-24,29-30,32,40-41H,15-21H2,1-5H3,(H,36,42)/t29-,30+,32?/m0/s1. The van der Waals surface area contributed by atoms with E-state index in [0.717, 1.165) is 5.56 Å². The molecular weight excluding hydrogens is 655 g/mol. The molecule has 3 atom stereocenters. The molecule has 3 aromatic rings. The molecule has 14 heteroatoms. The Balaban J connectivity index is 1.56. The lowest BCUT2D eigenvalue weighted by molar-refractivity contribution is -0.128. The molecule has 12 nitrogen and oxygen atoms in total. The third kappa shape index (κ3) is 9.32. The molecule has 0 spiro atoms. The van der Waals surface area contributed by atoms with Gasteiger partial charge in [0.1, 0.15) is 16.8 Å². The van der Waals surface area contributed by atoms with Crippen LogP contribution in [0.25, 0.3) is 0 Å². The van der Waals surface area contributed by atoms with Gasteiger partial charge in [0.2, 0.25) is 15.9 Å². The van der Waals surface area contributed by atoms with Crippen LogP contribution >= 0.6 is 11.3 Å². The van der Waals surface area contributed by atoms with Crippen LogP contribution < -0.4 is 10.1 Å². The number of nitrogens with zero attached hydrogens (tertiary/aromatic N) is 4. The number of hydrogen-bond donors (Lipinski definition) is 3. The number of carbonyl (C=O) groups is 2. The van der Waals surface area contributed by atoms with E-state index in [4.69, 9.17) is 4.74 Å². The van der Waals surface area contributed by atoms with Gasteiger partial charge in [0, 0.05) is 31.6 Å². The van der Waals surface area contributed by atoms with Crippen molar-refractivity contribution < 1.29 is 33.0 Å². The molecule has 1 saturated heterocycles. The lowest BCUT2D eigenvalue weighted by Crippen LogP contribution is -2.57. The Hall–Kier alpha value is -3.56. The molecule has 0 bridgehead atoms. The lowest BCUT2D eigenvalue weighted by atomic mass is 9.97. The second-order valence-corrected chi connectivity index (χ2v) is 15.6. The summed E-state index contributed by atoms with van der Waals surface area (Å²) in [4.78, 5) is 35.2. The van der Waals surface area contributed by atoms with E-state index < -0.39 is 34.1 Å². The van der Waals surface area contributed by atoms with Gasteiger partial charge in [-0.2, -0.15) is 4.31 Å². The van der Waals surface area contributed by atoms with Gasteiger partial charge < -0.3 is 30.1 Å². The molecule has 48 heavy (non-hydrogen) atoms. The van der Waals surface area contributed by atoms with E-state index in [9.17, 15) is 28.2 Å². The Kier molecular flexibility index (Phi) is 13.0. The van der Waals surface area contributed by atoms with Crippen LogP contribution in [0.2, 0.25) is 0 Å². The Bertz CT molecular complexity index is 1600. The first-order chi connectivity index (χ1) is 22.8. The molecular formula is C34H47N5O7S2. The zero-order chi connectivity index (χ0) is 35.0. The number of aliphatic hydroxyl groups is 2. The van der Waals surface area contributed by atoms with Gasteiger partial charge in [-0.05, 0) is 48.1 Å². The van der Waals surface area contributed by atoms with E-state index >= 15 is 0 Å². The number of carbonyl (C=O) groups excluding carboxylic acids is 2. The summed E-state index contributed by atoms with van der Waals surface area (Å²) in [6, 6.07) is 13.5. The summed E-state index contributed by atoms with van der Waals surface area (Å²) < 4.78 is 34.1. The zero-order valence-electron chi connectivity index (χ0n) is 28.2. The fourth-order valence-corrected chi connectivity index (χ4v) is 8.10. The highest BCUT2D eigenvalue weighted by Crippen LogP contribution is 2.24. The Morgan fingerprint density at radius 2 is 1.75 bits per heavy atom. The number of ether oxygens (including phenoxy) is 1.